The second-order valence-electron chi connectivity index (χ2n) is 8.55. The third kappa shape index (κ3) is 9.36. The molecule has 0 aliphatic carbocycles. The maximum absolute atomic E-state index is 12.6. The molecule has 7 nitrogen and oxygen atoms in total. The molecule has 2 aromatic carbocycles. The zero-order valence-electron chi connectivity index (χ0n) is 19.8. The van der Waals surface area contributed by atoms with E-state index in [9.17, 15) is 9.59 Å². The van der Waals surface area contributed by atoms with Crippen LogP contribution in [0.15, 0.2) is 59.5 Å². The van der Waals surface area contributed by atoms with Gasteiger partial charge in [0.15, 0.2) is 0 Å². The predicted molar refractivity (Wildman–Crippen MR) is 151 cm³/mol. The van der Waals surface area contributed by atoms with Crippen molar-refractivity contribution >= 4 is 53.8 Å². The smallest absolute Gasteiger partial charge is 0.240 e. The van der Waals surface area contributed by atoms with Gasteiger partial charge >= 0.3 is 0 Å². The van der Waals surface area contributed by atoms with E-state index in [0.29, 0.717) is 18.5 Å². The highest BCUT2D eigenvalue weighted by Gasteiger charge is 2.24. The molecule has 10 heteroatoms. The van der Waals surface area contributed by atoms with Gasteiger partial charge in [0.25, 0.3) is 0 Å². The fourth-order valence-electron chi connectivity index (χ4n) is 3.69. The van der Waals surface area contributed by atoms with Crippen molar-refractivity contribution in [3.63, 3.8) is 0 Å². The summed E-state index contributed by atoms with van der Waals surface area (Å²) in [6, 6.07) is 16.7. The number of hydrogen-bond acceptors (Lipinski definition) is 8. The summed E-state index contributed by atoms with van der Waals surface area (Å²) in [4.78, 5) is 27.7. The second kappa shape index (κ2) is 14.8. The second-order valence-corrected chi connectivity index (χ2v) is 11.1. The fraction of sp³-hybridized carbons (Fsp3) is 0.440. The van der Waals surface area contributed by atoms with Crippen LogP contribution in [0.2, 0.25) is 0 Å². The van der Waals surface area contributed by atoms with E-state index in [-0.39, 0.29) is 11.8 Å². The number of thioether (sulfide) groups is 1. The number of anilines is 1. The number of rotatable bonds is 13. The standard InChI is InChI=1S/C25H35N5O2S3/c26-21(25(32)30-13-14-34-17-30)11-4-5-12-28-35-20-10-6-9-19(16-20)29-24(31)23(33)22(27)15-18-7-2-1-3-8-18/h1-3,6-10,16,21-23,28,33H,4-5,11-15,17,26-27H2,(H,29,31). The first-order valence-electron chi connectivity index (χ1n) is 11.8. The molecule has 1 aliphatic rings. The lowest BCUT2D eigenvalue weighted by molar-refractivity contribution is -0.131. The van der Waals surface area contributed by atoms with E-state index in [0.717, 1.165) is 48.0 Å². The number of unbranched alkanes of at least 4 members (excludes halogenated alkanes) is 1. The van der Waals surface area contributed by atoms with Crippen molar-refractivity contribution in [2.45, 2.75) is 47.9 Å². The number of carbonyl (C=O) groups is 2. The Labute approximate surface area is 222 Å². The molecule has 0 spiro atoms. The lowest BCUT2D eigenvalue weighted by Crippen LogP contribution is -2.42. The summed E-state index contributed by atoms with van der Waals surface area (Å²) in [5.41, 5.74) is 14.1. The maximum atomic E-state index is 12.6. The van der Waals surface area contributed by atoms with E-state index in [1.54, 1.807) is 11.8 Å². The summed E-state index contributed by atoms with van der Waals surface area (Å²) < 4.78 is 3.34. The topological polar surface area (TPSA) is 113 Å². The summed E-state index contributed by atoms with van der Waals surface area (Å²) in [6.45, 7) is 1.61. The van der Waals surface area contributed by atoms with Gasteiger partial charge in [-0.15, -0.1) is 11.8 Å². The number of benzene rings is 2. The molecule has 6 N–H and O–H groups in total. The van der Waals surface area contributed by atoms with Gasteiger partial charge in [0, 0.05) is 35.5 Å². The summed E-state index contributed by atoms with van der Waals surface area (Å²) in [6.07, 6.45) is 3.10. The van der Waals surface area contributed by atoms with E-state index in [4.69, 9.17) is 11.5 Å². The van der Waals surface area contributed by atoms with Gasteiger partial charge in [0.1, 0.15) is 0 Å². The third-order valence-corrected chi connectivity index (χ3v) is 8.13. The van der Waals surface area contributed by atoms with Gasteiger partial charge in [0.2, 0.25) is 11.8 Å². The lowest BCUT2D eigenvalue weighted by atomic mass is 10.0. The van der Waals surface area contributed by atoms with Crippen LogP contribution in [0.4, 0.5) is 5.69 Å². The Morgan fingerprint density at radius 3 is 2.66 bits per heavy atom. The van der Waals surface area contributed by atoms with Crippen LogP contribution in [0.5, 0.6) is 0 Å². The van der Waals surface area contributed by atoms with Crippen molar-refractivity contribution in [2.24, 2.45) is 11.5 Å². The third-order valence-electron chi connectivity index (χ3n) is 5.71. The number of nitrogens with zero attached hydrogens (tertiary/aromatic N) is 1. The van der Waals surface area contributed by atoms with Crippen LogP contribution in [-0.2, 0) is 16.0 Å². The molecule has 1 aliphatic heterocycles. The molecular weight excluding hydrogens is 499 g/mol. The van der Waals surface area contributed by atoms with Crippen LogP contribution in [-0.4, -0.2) is 58.8 Å². The van der Waals surface area contributed by atoms with Gasteiger partial charge in [0.05, 0.1) is 17.2 Å². The Hall–Kier alpha value is -1.69. The van der Waals surface area contributed by atoms with Crippen molar-refractivity contribution in [2.75, 3.05) is 30.0 Å². The van der Waals surface area contributed by atoms with Crippen LogP contribution >= 0.6 is 36.3 Å². The largest absolute Gasteiger partial charge is 0.331 e. The summed E-state index contributed by atoms with van der Waals surface area (Å²) in [5, 5.41) is 2.30. The van der Waals surface area contributed by atoms with E-state index < -0.39 is 17.3 Å². The molecule has 35 heavy (non-hydrogen) atoms. The van der Waals surface area contributed by atoms with Crippen molar-refractivity contribution in [3.05, 3.63) is 60.2 Å². The number of hydrogen-bond donors (Lipinski definition) is 5. The molecule has 0 radical (unpaired) electrons. The molecule has 190 valence electrons. The number of amides is 2. The highest BCUT2D eigenvalue weighted by molar-refractivity contribution is 7.99. The molecule has 3 unspecified atom stereocenters. The van der Waals surface area contributed by atoms with Crippen molar-refractivity contribution < 1.29 is 9.59 Å². The minimum Gasteiger partial charge on any atom is -0.331 e. The van der Waals surface area contributed by atoms with E-state index in [2.05, 4.69) is 22.7 Å². The quantitative estimate of drug-likeness (QED) is 0.153. The SMILES string of the molecule is NC(CCCCNSc1cccc(NC(=O)C(S)C(N)Cc2ccccc2)c1)C(=O)N1CCSC1. The summed E-state index contributed by atoms with van der Waals surface area (Å²) >= 11 is 7.74. The van der Waals surface area contributed by atoms with E-state index in [1.165, 1.54) is 11.9 Å². The number of nitrogens with two attached hydrogens (primary N) is 2. The van der Waals surface area contributed by atoms with Gasteiger partial charge in [-0.05, 0) is 55.0 Å². The van der Waals surface area contributed by atoms with Crippen LogP contribution < -0.4 is 21.5 Å². The molecular formula is C25H35N5O2S3. The van der Waals surface area contributed by atoms with Gasteiger partial charge < -0.3 is 21.7 Å². The highest BCUT2D eigenvalue weighted by atomic mass is 32.2. The van der Waals surface area contributed by atoms with Gasteiger partial charge in [-0.3, -0.25) is 14.3 Å². The summed E-state index contributed by atoms with van der Waals surface area (Å²) in [5.74, 6) is 1.62. The lowest BCUT2D eigenvalue weighted by Gasteiger charge is -2.19. The summed E-state index contributed by atoms with van der Waals surface area (Å²) in [7, 11) is 0. The average molecular weight is 534 g/mol. The van der Waals surface area contributed by atoms with E-state index in [1.807, 2.05) is 59.5 Å². The first-order chi connectivity index (χ1) is 16.9. The Morgan fingerprint density at radius 2 is 1.91 bits per heavy atom. The molecule has 1 fully saturated rings. The monoisotopic (exact) mass is 533 g/mol. The minimum absolute atomic E-state index is 0.0701. The molecule has 1 heterocycles. The predicted octanol–water partition coefficient (Wildman–Crippen LogP) is 3.12. The Balaban J connectivity index is 1.34. The van der Waals surface area contributed by atoms with Crippen molar-refractivity contribution in [1.82, 2.24) is 9.62 Å². The molecule has 3 atom stereocenters. The first-order valence-corrected chi connectivity index (χ1v) is 14.3. The molecule has 0 aromatic heterocycles. The van der Waals surface area contributed by atoms with Crippen LogP contribution in [0.1, 0.15) is 24.8 Å². The molecule has 0 saturated carbocycles. The zero-order valence-corrected chi connectivity index (χ0v) is 22.3. The number of nitrogens with one attached hydrogen (secondary N) is 2. The fourth-order valence-corrected chi connectivity index (χ4v) is 5.56. The van der Waals surface area contributed by atoms with Crippen LogP contribution in [0.3, 0.4) is 0 Å². The highest BCUT2D eigenvalue weighted by Crippen LogP contribution is 2.21. The molecule has 2 amide bonds. The van der Waals surface area contributed by atoms with Crippen LogP contribution in [0.25, 0.3) is 0 Å². The average Bonchev–Trinajstić information content (AvgIpc) is 3.41. The van der Waals surface area contributed by atoms with Crippen molar-refractivity contribution in [3.8, 4) is 0 Å². The molecule has 2 aromatic rings. The van der Waals surface area contributed by atoms with E-state index >= 15 is 0 Å². The number of carbonyl (C=O) groups excluding carboxylic acids is 2. The van der Waals surface area contributed by atoms with Gasteiger partial charge in [-0.1, -0.05) is 42.8 Å². The Morgan fingerprint density at radius 1 is 1.11 bits per heavy atom. The Bertz CT molecular complexity index is 944. The normalized spacial score (nSPS) is 16.0. The van der Waals surface area contributed by atoms with Crippen molar-refractivity contribution in [1.29, 1.82) is 0 Å². The van der Waals surface area contributed by atoms with Gasteiger partial charge in [-0.25, -0.2) is 0 Å². The first kappa shape index (κ1) is 27.9. The van der Waals surface area contributed by atoms with Crippen LogP contribution in [0, 0.1) is 0 Å². The molecule has 0 bridgehead atoms. The number of thiol groups is 1. The molecule has 1 saturated heterocycles. The Kier molecular flexibility index (Phi) is 11.8. The van der Waals surface area contributed by atoms with Gasteiger partial charge in [-0.2, -0.15) is 12.6 Å². The minimum atomic E-state index is -0.618. The zero-order chi connectivity index (χ0) is 25.0. The molecule has 3 rings (SSSR count). The maximum Gasteiger partial charge on any atom is 0.240 e.